The first-order valence-corrected chi connectivity index (χ1v) is 3.38. The van der Waals surface area contributed by atoms with Gasteiger partial charge < -0.3 is 15.2 Å². The van der Waals surface area contributed by atoms with Crippen molar-refractivity contribution in [2.75, 3.05) is 13.1 Å². The number of oxime groups is 1. The minimum absolute atomic E-state index is 0.0718. The summed E-state index contributed by atoms with van der Waals surface area (Å²) in [6, 6.07) is 0. The highest BCUT2D eigenvalue weighted by Gasteiger charge is 2.33. The summed E-state index contributed by atoms with van der Waals surface area (Å²) in [4.78, 5) is 11.4. The minimum atomic E-state index is -0.969. The Kier molecular flexibility index (Phi) is 2.19. The Morgan fingerprint density at radius 3 is 2.55 bits per heavy atom. The number of likely N-dealkylation sites (tertiary alicyclic amines) is 1. The average molecular weight is 179 g/mol. The van der Waals surface area contributed by atoms with Gasteiger partial charge in [-0.1, -0.05) is 16.8 Å². The van der Waals surface area contributed by atoms with E-state index >= 15 is 0 Å². The van der Waals surface area contributed by atoms with Crippen molar-refractivity contribution in [3.05, 3.63) is 0 Å². The zero-order chi connectivity index (χ0) is 8.43. The van der Waals surface area contributed by atoms with Gasteiger partial charge in [-0.3, -0.25) is 0 Å². The number of nitrogens with zero attached hydrogens (tertiary/aromatic N) is 2. The average Bonchev–Trinajstić information content (AvgIpc) is 1.83. The Morgan fingerprint density at radius 2 is 2.18 bits per heavy atom. The maximum atomic E-state index is 10.2. The molecule has 1 fully saturated rings. The highest BCUT2D eigenvalue weighted by molar-refractivity contribution is 6.65. The maximum Gasteiger partial charge on any atom is 0.407 e. The van der Waals surface area contributed by atoms with E-state index in [1.165, 1.54) is 4.90 Å². The lowest BCUT2D eigenvalue weighted by molar-refractivity contribution is 0.102. The van der Waals surface area contributed by atoms with Crippen LogP contribution in [0.4, 0.5) is 4.79 Å². The molecule has 11 heavy (non-hydrogen) atoms. The van der Waals surface area contributed by atoms with E-state index in [0.717, 1.165) is 0 Å². The number of hydrogen-bond donors (Lipinski definition) is 2. The quantitative estimate of drug-likeness (QED) is 0.351. The summed E-state index contributed by atoms with van der Waals surface area (Å²) in [5.74, 6) is -0.127. The van der Waals surface area contributed by atoms with Crippen LogP contribution in [0.25, 0.3) is 0 Å². The number of carbonyl (C=O) groups is 1. The largest absolute Gasteiger partial charge is 0.465 e. The van der Waals surface area contributed by atoms with Crippen molar-refractivity contribution in [1.29, 1.82) is 0 Å². The summed E-state index contributed by atoms with van der Waals surface area (Å²) in [5, 5.41) is 19.4. The lowest BCUT2D eigenvalue weighted by Gasteiger charge is -2.35. The molecule has 0 aromatic carbocycles. The van der Waals surface area contributed by atoms with Gasteiger partial charge in [0.15, 0.2) is 5.17 Å². The normalized spacial score (nSPS) is 19.7. The number of carboxylic acid groups (broad SMARTS) is 1. The minimum Gasteiger partial charge on any atom is -0.465 e. The standard InChI is InChI=1S/C5H7ClN2O3/c6-4(7-11)3-1-8(2-3)5(9)10/h3,11H,1-2H2,(H,9,10)/b7-4+. The van der Waals surface area contributed by atoms with E-state index in [-0.39, 0.29) is 11.1 Å². The smallest absolute Gasteiger partial charge is 0.407 e. The van der Waals surface area contributed by atoms with Gasteiger partial charge in [-0.05, 0) is 0 Å². The van der Waals surface area contributed by atoms with Crippen molar-refractivity contribution in [3.8, 4) is 0 Å². The molecule has 0 bridgehead atoms. The topological polar surface area (TPSA) is 73.1 Å². The highest BCUT2D eigenvalue weighted by Crippen LogP contribution is 2.18. The molecule has 0 aromatic rings. The molecule has 6 heteroatoms. The molecule has 0 aromatic heterocycles. The van der Waals surface area contributed by atoms with Gasteiger partial charge in [0.1, 0.15) is 0 Å². The van der Waals surface area contributed by atoms with Crippen LogP contribution in [0, 0.1) is 5.92 Å². The first kappa shape index (κ1) is 8.13. The Bertz CT molecular complexity index is 200. The third kappa shape index (κ3) is 1.54. The molecular weight excluding hydrogens is 172 g/mol. The van der Waals surface area contributed by atoms with Gasteiger partial charge in [0.05, 0.1) is 5.92 Å². The van der Waals surface area contributed by atoms with Crippen molar-refractivity contribution in [2.45, 2.75) is 0 Å². The Hall–Kier alpha value is -0.970. The number of hydrogen-bond acceptors (Lipinski definition) is 3. The first-order chi connectivity index (χ1) is 5.15. The van der Waals surface area contributed by atoms with Gasteiger partial charge in [-0.25, -0.2) is 4.79 Å². The van der Waals surface area contributed by atoms with Crippen molar-refractivity contribution in [1.82, 2.24) is 4.90 Å². The van der Waals surface area contributed by atoms with E-state index in [9.17, 15) is 4.79 Å². The predicted octanol–water partition coefficient (Wildman–Crippen LogP) is 0.623. The Morgan fingerprint density at radius 1 is 1.64 bits per heavy atom. The van der Waals surface area contributed by atoms with Gasteiger partial charge in [-0.2, -0.15) is 0 Å². The molecule has 0 aliphatic carbocycles. The molecule has 0 radical (unpaired) electrons. The lowest BCUT2D eigenvalue weighted by atomic mass is 10.0. The molecule has 1 rings (SSSR count). The van der Waals surface area contributed by atoms with E-state index in [1.54, 1.807) is 0 Å². The summed E-state index contributed by atoms with van der Waals surface area (Å²) in [5.41, 5.74) is 0. The van der Waals surface area contributed by atoms with E-state index in [2.05, 4.69) is 5.16 Å². The van der Waals surface area contributed by atoms with E-state index in [0.29, 0.717) is 13.1 Å². The van der Waals surface area contributed by atoms with Crippen LogP contribution in [-0.4, -0.2) is 39.6 Å². The first-order valence-electron chi connectivity index (χ1n) is 3.00. The predicted molar refractivity (Wildman–Crippen MR) is 38.2 cm³/mol. The third-order valence-corrected chi connectivity index (χ3v) is 1.97. The van der Waals surface area contributed by atoms with Crippen molar-refractivity contribution < 1.29 is 15.1 Å². The fraction of sp³-hybridized carbons (Fsp3) is 0.600. The van der Waals surface area contributed by atoms with Crippen LogP contribution in [0.2, 0.25) is 0 Å². The molecule has 5 nitrogen and oxygen atoms in total. The zero-order valence-corrected chi connectivity index (χ0v) is 6.32. The van der Waals surface area contributed by atoms with Crippen molar-refractivity contribution >= 4 is 22.9 Å². The molecule has 0 spiro atoms. The second kappa shape index (κ2) is 2.96. The van der Waals surface area contributed by atoms with Gasteiger partial charge in [0, 0.05) is 13.1 Å². The monoisotopic (exact) mass is 178 g/mol. The van der Waals surface area contributed by atoms with Crippen molar-refractivity contribution in [2.24, 2.45) is 11.1 Å². The van der Waals surface area contributed by atoms with Crippen LogP contribution in [0.1, 0.15) is 0 Å². The van der Waals surface area contributed by atoms with Crippen LogP contribution in [-0.2, 0) is 0 Å². The van der Waals surface area contributed by atoms with Gasteiger partial charge in [-0.15, -0.1) is 0 Å². The van der Waals surface area contributed by atoms with Crippen LogP contribution >= 0.6 is 11.6 Å². The molecule has 0 saturated carbocycles. The van der Waals surface area contributed by atoms with Gasteiger partial charge in [0.2, 0.25) is 0 Å². The van der Waals surface area contributed by atoms with Crippen LogP contribution in [0.3, 0.4) is 0 Å². The summed E-state index contributed by atoms with van der Waals surface area (Å²) < 4.78 is 0. The highest BCUT2D eigenvalue weighted by atomic mass is 35.5. The molecule has 1 amide bonds. The summed E-state index contributed by atoms with van der Waals surface area (Å²) in [7, 11) is 0. The Labute approximate surface area is 67.9 Å². The second-order valence-corrected chi connectivity index (χ2v) is 2.69. The van der Waals surface area contributed by atoms with E-state index in [1.807, 2.05) is 0 Å². The van der Waals surface area contributed by atoms with Crippen molar-refractivity contribution in [3.63, 3.8) is 0 Å². The fourth-order valence-electron chi connectivity index (χ4n) is 0.867. The van der Waals surface area contributed by atoms with Gasteiger partial charge in [0.25, 0.3) is 0 Å². The summed E-state index contributed by atoms with van der Waals surface area (Å²) in [6.45, 7) is 0.635. The van der Waals surface area contributed by atoms with Gasteiger partial charge >= 0.3 is 6.09 Å². The summed E-state index contributed by atoms with van der Waals surface area (Å²) >= 11 is 5.42. The molecular formula is C5H7ClN2O3. The summed E-state index contributed by atoms with van der Waals surface area (Å²) in [6.07, 6.45) is -0.969. The zero-order valence-electron chi connectivity index (χ0n) is 5.57. The maximum absolute atomic E-state index is 10.2. The Balaban J connectivity index is 2.35. The molecule has 1 aliphatic rings. The molecule has 2 N–H and O–H groups in total. The second-order valence-electron chi connectivity index (χ2n) is 2.31. The fourth-order valence-corrected chi connectivity index (χ4v) is 1.01. The van der Waals surface area contributed by atoms with Crippen LogP contribution in [0.5, 0.6) is 0 Å². The van der Waals surface area contributed by atoms with Crippen LogP contribution < -0.4 is 0 Å². The third-order valence-electron chi connectivity index (χ3n) is 1.58. The molecule has 1 saturated heterocycles. The number of rotatable bonds is 1. The van der Waals surface area contributed by atoms with E-state index < -0.39 is 6.09 Å². The van der Waals surface area contributed by atoms with Crippen LogP contribution in [0.15, 0.2) is 5.16 Å². The SMILES string of the molecule is O=C(O)N1CC(/C(Cl)=N\O)C1. The molecule has 0 atom stereocenters. The number of amides is 1. The molecule has 1 aliphatic heterocycles. The molecule has 0 unspecified atom stereocenters. The lowest BCUT2D eigenvalue weighted by Crippen LogP contribution is -2.51. The van der Waals surface area contributed by atoms with E-state index in [4.69, 9.17) is 21.9 Å². The number of halogens is 1. The molecule has 1 heterocycles. The molecule has 62 valence electrons.